The molecule has 1 aliphatic heterocycles. The van der Waals surface area contributed by atoms with Gasteiger partial charge in [-0.2, -0.15) is 0 Å². The van der Waals surface area contributed by atoms with Gasteiger partial charge in [-0.25, -0.2) is 0 Å². The van der Waals surface area contributed by atoms with Gasteiger partial charge >= 0.3 is 0 Å². The second-order valence-corrected chi connectivity index (χ2v) is 10.8. The lowest BCUT2D eigenvalue weighted by atomic mass is 9.72. The molecular weight excluding hydrogens is 494 g/mol. The minimum Gasteiger partial charge on any atom is -0.507 e. The van der Waals surface area contributed by atoms with E-state index < -0.39 is 64.6 Å². The lowest BCUT2D eigenvalue weighted by Gasteiger charge is -2.44. The van der Waals surface area contributed by atoms with Crippen molar-refractivity contribution in [1.82, 2.24) is 4.90 Å². The Hall–Kier alpha value is -3.02. The molecule has 10 nitrogen and oxygen atoms in total. The maximum atomic E-state index is 13.5. The third-order valence-electron chi connectivity index (χ3n) is 8.26. The van der Waals surface area contributed by atoms with Gasteiger partial charge in [0.05, 0.1) is 40.6 Å². The minimum absolute atomic E-state index is 0.0374. The average molecular weight is 528 g/mol. The molecule has 0 radical (unpaired) electrons. The molecule has 0 spiro atoms. The Bertz CT molecular complexity index is 1320. The Morgan fingerprint density at radius 1 is 1.08 bits per heavy atom. The number of hydrogen-bond acceptors (Lipinski definition) is 10. The molecule has 204 valence electrons. The van der Waals surface area contributed by atoms with E-state index in [2.05, 4.69) is 0 Å². The van der Waals surface area contributed by atoms with Crippen molar-refractivity contribution in [1.29, 1.82) is 0 Å². The molecule has 10 heteroatoms. The van der Waals surface area contributed by atoms with Gasteiger partial charge in [-0.3, -0.25) is 9.59 Å². The van der Waals surface area contributed by atoms with Crippen LogP contribution < -0.4 is 0 Å². The van der Waals surface area contributed by atoms with Crippen LogP contribution in [0.5, 0.6) is 17.2 Å². The van der Waals surface area contributed by atoms with Gasteiger partial charge in [0.1, 0.15) is 17.2 Å². The van der Waals surface area contributed by atoms with Gasteiger partial charge in [-0.1, -0.05) is 19.1 Å². The molecule has 0 bridgehead atoms. The van der Waals surface area contributed by atoms with Crippen LogP contribution in [0.25, 0.3) is 0 Å². The van der Waals surface area contributed by atoms with Gasteiger partial charge in [0.15, 0.2) is 12.1 Å². The van der Waals surface area contributed by atoms with Gasteiger partial charge in [0.2, 0.25) is 5.78 Å². The van der Waals surface area contributed by atoms with Crippen molar-refractivity contribution in [2.75, 3.05) is 14.1 Å². The number of ketones is 2. The van der Waals surface area contributed by atoms with Crippen molar-refractivity contribution >= 4 is 11.6 Å². The summed E-state index contributed by atoms with van der Waals surface area (Å²) in [6.07, 6.45) is -2.56. The predicted octanol–water partition coefficient (Wildman–Crippen LogP) is 2.15. The van der Waals surface area contributed by atoms with E-state index in [0.717, 1.165) is 0 Å². The SMILES string of the molecule is CC[C@]1(O)Cc2c(O)c3c(c(O)c2[C@@H](OC2CC(N(C)C)C(O)C(C)O2)C1)C(=O)c1c(O)cccc1C3=O. The molecule has 5 N–H and O–H groups in total. The second-order valence-electron chi connectivity index (χ2n) is 10.8. The van der Waals surface area contributed by atoms with E-state index in [1.165, 1.54) is 18.2 Å². The number of aliphatic hydroxyl groups is 2. The standard InChI is InChI=1S/C28H33NO9/c1-5-28(36)10-14-20(17(11-28)38-18-9-15(29(3)4)23(31)12(2)37-18)27(35)22-21(25(14)33)24(32)13-7-6-8-16(30)19(13)26(22)34/h6-8,12,15,17-18,23,30-31,33,35-36H,5,9-11H2,1-4H3/t12?,15?,17-,18?,23?,28-/m0/s1. The first-order valence-electron chi connectivity index (χ1n) is 12.8. The quantitative estimate of drug-likeness (QED) is 0.319. The molecule has 5 rings (SSSR count). The number of likely N-dealkylation sites (N-methyl/N-ethyl adjacent to an activating group) is 1. The van der Waals surface area contributed by atoms with Crippen LogP contribution >= 0.6 is 0 Å². The zero-order chi connectivity index (χ0) is 27.7. The monoisotopic (exact) mass is 527 g/mol. The number of carbonyl (C=O) groups excluding carboxylic acids is 2. The number of phenols is 3. The second kappa shape index (κ2) is 9.32. The molecule has 1 fully saturated rings. The Labute approximate surface area is 220 Å². The number of rotatable bonds is 4. The molecular formula is C28H33NO9. The number of phenolic OH excluding ortho intramolecular Hbond substituents is 3. The molecule has 0 aromatic heterocycles. The number of benzene rings is 2. The van der Waals surface area contributed by atoms with Crippen molar-refractivity contribution < 1.29 is 44.6 Å². The molecule has 2 aromatic rings. The Morgan fingerprint density at radius 3 is 2.42 bits per heavy atom. The molecule has 1 saturated heterocycles. The molecule has 0 saturated carbocycles. The number of aromatic hydroxyl groups is 3. The fourth-order valence-corrected chi connectivity index (χ4v) is 6.03. The third kappa shape index (κ3) is 3.99. The van der Waals surface area contributed by atoms with Crippen LogP contribution in [0.4, 0.5) is 0 Å². The molecule has 6 atom stereocenters. The summed E-state index contributed by atoms with van der Waals surface area (Å²) in [5.74, 6) is -2.95. The van der Waals surface area contributed by atoms with E-state index in [4.69, 9.17) is 9.47 Å². The van der Waals surface area contributed by atoms with Crippen LogP contribution in [0.2, 0.25) is 0 Å². The van der Waals surface area contributed by atoms with E-state index in [9.17, 15) is 35.1 Å². The number of ether oxygens (including phenoxy) is 2. The number of fused-ring (bicyclic) bond motifs is 3. The van der Waals surface area contributed by atoms with Crippen LogP contribution in [0.3, 0.4) is 0 Å². The van der Waals surface area contributed by atoms with E-state index in [-0.39, 0.29) is 46.7 Å². The Balaban J connectivity index is 1.64. The summed E-state index contributed by atoms with van der Waals surface area (Å²) in [5, 5.41) is 55.1. The van der Waals surface area contributed by atoms with Crippen LogP contribution in [-0.4, -0.2) is 86.2 Å². The summed E-state index contributed by atoms with van der Waals surface area (Å²) < 4.78 is 12.2. The maximum absolute atomic E-state index is 13.5. The molecule has 1 heterocycles. The maximum Gasteiger partial charge on any atom is 0.202 e. The Kier molecular flexibility index (Phi) is 6.52. The van der Waals surface area contributed by atoms with Gasteiger partial charge in [0, 0.05) is 42.0 Å². The van der Waals surface area contributed by atoms with Crippen molar-refractivity contribution in [3.63, 3.8) is 0 Å². The van der Waals surface area contributed by atoms with E-state index >= 15 is 0 Å². The first-order valence-corrected chi connectivity index (χ1v) is 12.8. The van der Waals surface area contributed by atoms with Crippen molar-refractivity contribution in [3.8, 4) is 17.2 Å². The van der Waals surface area contributed by atoms with Crippen LogP contribution in [-0.2, 0) is 15.9 Å². The lowest BCUT2D eigenvalue weighted by molar-refractivity contribution is -0.257. The third-order valence-corrected chi connectivity index (χ3v) is 8.26. The van der Waals surface area contributed by atoms with Crippen molar-refractivity contribution in [2.45, 2.75) is 75.8 Å². The van der Waals surface area contributed by atoms with Crippen molar-refractivity contribution in [3.05, 3.63) is 51.6 Å². The summed E-state index contributed by atoms with van der Waals surface area (Å²) in [6, 6.07) is 3.79. The molecule has 0 amide bonds. The topological polar surface area (TPSA) is 157 Å². The first-order chi connectivity index (χ1) is 17.9. The van der Waals surface area contributed by atoms with Crippen LogP contribution in [0.15, 0.2) is 18.2 Å². The summed E-state index contributed by atoms with van der Waals surface area (Å²) in [7, 11) is 3.67. The van der Waals surface area contributed by atoms with E-state index in [1.807, 2.05) is 19.0 Å². The number of nitrogens with zero attached hydrogens (tertiary/aromatic N) is 1. The predicted molar refractivity (Wildman–Crippen MR) is 135 cm³/mol. The van der Waals surface area contributed by atoms with E-state index in [1.54, 1.807) is 13.8 Å². The molecule has 4 unspecified atom stereocenters. The lowest BCUT2D eigenvalue weighted by Crippen LogP contribution is -2.53. The molecule has 2 aromatic carbocycles. The first kappa shape index (κ1) is 26.6. The van der Waals surface area contributed by atoms with Gasteiger partial charge in [-0.05, 0) is 33.5 Å². The van der Waals surface area contributed by atoms with Crippen molar-refractivity contribution in [2.24, 2.45) is 0 Å². The highest BCUT2D eigenvalue weighted by Crippen LogP contribution is 2.52. The van der Waals surface area contributed by atoms with Crippen LogP contribution in [0, 0.1) is 0 Å². The van der Waals surface area contributed by atoms with Crippen LogP contribution in [0.1, 0.15) is 82.2 Å². The largest absolute Gasteiger partial charge is 0.507 e. The summed E-state index contributed by atoms with van der Waals surface area (Å²) in [5.41, 5.74) is -2.19. The Morgan fingerprint density at radius 2 is 1.76 bits per heavy atom. The number of aliphatic hydroxyl groups excluding tert-OH is 1. The van der Waals surface area contributed by atoms with Gasteiger partial charge < -0.3 is 39.9 Å². The number of hydrogen-bond donors (Lipinski definition) is 5. The fraction of sp³-hybridized carbons (Fsp3) is 0.500. The highest BCUT2D eigenvalue weighted by atomic mass is 16.7. The fourth-order valence-electron chi connectivity index (χ4n) is 6.03. The highest BCUT2D eigenvalue weighted by molar-refractivity contribution is 6.31. The zero-order valence-corrected chi connectivity index (χ0v) is 21.8. The highest BCUT2D eigenvalue weighted by Gasteiger charge is 2.47. The smallest absolute Gasteiger partial charge is 0.202 e. The zero-order valence-electron chi connectivity index (χ0n) is 21.8. The summed E-state index contributed by atoms with van der Waals surface area (Å²) in [6.45, 7) is 3.50. The summed E-state index contributed by atoms with van der Waals surface area (Å²) in [4.78, 5) is 28.7. The molecule has 38 heavy (non-hydrogen) atoms. The van der Waals surface area contributed by atoms with E-state index in [0.29, 0.717) is 12.8 Å². The normalized spacial score (nSPS) is 30.7. The average Bonchev–Trinajstić information content (AvgIpc) is 2.86. The number of carbonyl (C=O) groups is 2. The molecule has 2 aliphatic carbocycles. The van der Waals surface area contributed by atoms with Gasteiger partial charge in [0.25, 0.3) is 0 Å². The van der Waals surface area contributed by atoms with Gasteiger partial charge in [-0.15, -0.1) is 0 Å². The molecule has 3 aliphatic rings. The minimum atomic E-state index is -1.32. The summed E-state index contributed by atoms with van der Waals surface area (Å²) >= 11 is 0.